The van der Waals surface area contributed by atoms with Gasteiger partial charge in [0.25, 0.3) is 11.8 Å². The van der Waals surface area contributed by atoms with Gasteiger partial charge in [-0.25, -0.2) is 4.39 Å². The molecule has 0 atom stereocenters. The zero-order valence-electron chi connectivity index (χ0n) is 16.6. The van der Waals surface area contributed by atoms with Crippen molar-refractivity contribution in [3.8, 4) is 5.75 Å². The van der Waals surface area contributed by atoms with Gasteiger partial charge in [-0.15, -0.1) is 0 Å². The van der Waals surface area contributed by atoms with Gasteiger partial charge in [0.15, 0.2) is 0 Å². The smallest absolute Gasteiger partial charge is 0.255 e. The maximum atomic E-state index is 13.2. The zero-order valence-corrected chi connectivity index (χ0v) is 17.3. The highest BCUT2D eigenvalue weighted by molar-refractivity contribution is 6.33. The van der Waals surface area contributed by atoms with Gasteiger partial charge in [0, 0.05) is 24.7 Å². The number of nitrogens with zero attached hydrogens (tertiary/aromatic N) is 1. The standard InChI is InChI=1S/C23H24ClFN2O3/c24-21-13-17(25)3-8-20(21)23(29)27-11-9-15(10-12-27)14-30-19-6-1-16(2-7-19)22(28)26-18-4-5-18/h1-3,6-8,13,15,18H,4-5,9-12,14H2,(H,26,28). The number of nitrogens with one attached hydrogen (secondary N) is 1. The Hall–Kier alpha value is -2.60. The lowest BCUT2D eigenvalue weighted by molar-refractivity contribution is 0.0661. The predicted octanol–water partition coefficient (Wildman–Crippen LogP) is 4.30. The quantitative estimate of drug-likeness (QED) is 0.743. The molecule has 0 bridgehead atoms. The second-order valence-corrected chi connectivity index (χ2v) is 8.35. The molecule has 7 heteroatoms. The fourth-order valence-electron chi connectivity index (χ4n) is 3.55. The van der Waals surface area contributed by atoms with E-state index >= 15 is 0 Å². The van der Waals surface area contributed by atoms with Gasteiger partial charge < -0.3 is 15.0 Å². The Morgan fingerprint density at radius 2 is 1.77 bits per heavy atom. The number of rotatable bonds is 6. The molecule has 1 aliphatic carbocycles. The molecule has 1 saturated carbocycles. The minimum atomic E-state index is -0.455. The van der Waals surface area contributed by atoms with Crippen molar-refractivity contribution in [1.82, 2.24) is 10.2 Å². The molecule has 2 amide bonds. The summed E-state index contributed by atoms with van der Waals surface area (Å²) in [5.74, 6) is 0.413. The molecule has 1 saturated heterocycles. The van der Waals surface area contributed by atoms with Crippen molar-refractivity contribution in [2.45, 2.75) is 31.7 Å². The average molecular weight is 431 g/mol. The molecule has 1 aliphatic heterocycles. The van der Waals surface area contributed by atoms with Gasteiger partial charge in [0.05, 0.1) is 17.2 Å². The molecule has 0 spiro atoms. The van der Waals surface area contributed by atoms with Crippen LogP contribution in [0.25, 0.3) is 0 Å². The molecule has 1 N–H and O–H groups in total. The number of hydrogen-bond acceptors (Lipinski definition) is 3. The molecule has 2 aliphatic rings. The summed E-state index contributed by atoms with van der Waals surface area (Å²) in [5.41, 5.74) is 0.971. The molecule has 4 rings (SSSR count). The van der Waals surface area contributed by atoms with Crippen LogP contribution < -0.4 is 10.1 Å². The number of amides is 2. The van der Waals surface area contributed by atoms with E-state index in [2.05, 4.69) is 5.32 Å². The first-order chi connectivity index (χ1) is 14.5. The molecule has 0 aromatic heterocycles. The topological polar surface area (TPSA) is 58.6 Å². The van der Waals surface area contributed by atoms with Crippen LogP contribution in [0, 0.1) is 11.7 Å². The Balaban J connectivity index is 1.23. The lowest BCUT2D eigenvalue weighted by Gasteiger charge is -2.32. The number of piperidine rings is 1. The number of benzene rings is 2. The Kier molecular flexibility index (Phi) is 6.23. The molecule has 158 valence electrons. The van der Waals surface area contributed by atoms with Crippen molar-refractivity contribution in [2.75, 3.05) is 19.7 Å². The van der Waals surface area contributed by atoms with E-state index in [1.807, 2.05) is 12.1 Å². The van der Waals surface area contributed by atoms with E-state index in [1.54, 1.807) is 17.0 Å². The van der Waals surface area contributed by atoms with Crippen LogP contribution in [-0.2, 0) is 0 Å². The highest BCUT2D eigenvalue weighted by Gasteiger charge is 2.26. The first-order valence-corrected chi connectivity index (χ1v) is 10.7. The summed E-state index contributed by atoms with van der Waals surface area (Å²) in [7, 11) is 0. The molecule has 30 heavy (non-hydrogen) atoms. The summed E-state index contributed by atoms with van der Waals surface area (Å²) in [6.07, 6.45) is 3.78. The Morgan fingerprint density at radius 3 is 2.40 bits per heavy atom. The predicted molar refractivity (Wildman–Crippen MR) is 112 cm³/mol. The van der Waals surface area contributed by atoms with Crippen LogP contribution in [0.3, 0.4) is 0 Å². The lowest BCUT2D eigenvalue weighted by Crippen LogP contribution is -2.39. The summed E-state index contributed by atoms with van der Waals surface area (Å²) < 4.78 is 19.1. The molecular formula is C23H24ClFN2O3. The third kappa shape index (κ3) is 5.11. The fourth-order valence-corrected chi connectivity index (χ4v) is 3.80. The highest BCUT2D eigenvalue weighted by Crippen LogP contribution is 2.24. The Labute approximate surface area is 180 Å². The largest absolute Gasteiger partial charge is 0.493 e. The van der Waals surface area contributed by atoms with Gasteiger partial charge in [-0.3, -0.25) is 9.59 Å². The summed E-state index contributed by atoms with van der Waals surface area (Å²) in [6.45, 7) is 1.79. The monoisotopic (exact) mass is 430 g/mol. The third-order valence-corrected chi connectivity index (χ3v) is 5.89. The normalized spacial score (nSPS) is 16.9. The van der Waals surface area contributed by atoms with Gasteiger partial charge in [-0.05, 0) is 74.1 Å². The van der Waals surface area contributed by atoms with Crippen LogP contribution in [0.15, 0.2) is 42.5 Å². The van der Waals surface area contributed by atoms with Gasteiger partial charge in [0.1, 0.15) is 11.6 Å². The van der Waals surface area contributed by atoms with Crippen LogP contribution in [0.2, 0.25) is 5.02 Å². The number of likely N-dealkylation sites (tertiary alicyclic amines) is 1. The van der Waals surface area contributed by atoms with Gasteiger partial charge >= 0.3 is 0 Å². The van der Waals surface area contributed by atoms with E-state index in [0.29, 0.717) is 42.8 Å². The van der Waals surface area contributed by atoms with Gasteiger partial charge in [0.2, 0.25) is 0 Å². The van der Waals surface area contributed by atoms with E-state index in [0.717, 1.165) is 37.5 Å². The molecule has 2 aromatic rings. The van der Waals surface area contributed by atoms with E-state index in [9.17, 15) is 14.0 Å². The first-order valence-electron chi connectivity index (χ1n) is 10.3. The fraction of sp³-hybridized carbons (Fsp3) is 0.391. The lowest BCUT2D eigenvalue weighted by atomic mass is 9.97. The minimum absolute atomic E-state index is 0.0395. The molecular weight excluding hydrogens is 407 g/mol. The Morgan fingerprint density at radius 1 is 1.07 bits per heavy atom. The number of halogens is 2. The molecule has 0 unspecified atom stereocenters. The number of hydrogen-bond donors (Lipinski definition) is 1. The summed E-state index contributed by atoms with van der Waals surface area (Å²) in [4.78, 5) is 26.4. The number of carbonyl (C=O) groups excluding carboxylic acids is 2. The molecule has 2 aromatic carbocycles. The second kappa shape index (κ2) is 9.04. The zero-order chi connectivity index (χ0) is 21.1. The van der Waals surface area contributed by atoms with Crippen molar-refractivity contribution in [3.63, 3.8) is 0 Å². The maximum absolute atomic E-state index is 13.2. The molecule has 2 fully saturated rings. The average Bonchev–Trinajstić information content (AvgIpc) is 3.56. The van der Waals surface area contributed by atoms with E-state index in [1.165, 1.54) is 12.1 Å². The molecule has 5 nitrogen and oxygen atoms in total. The van der Waals surface area contributed by atoms with Crippen LogP contribution in [-0.4, -0.2) is 42.5 Å². The van der Waals surface area contributed by atoms with Crippen LogP contribution in [0.4, 0.5) is 4.39 Å². The Bertz CT molecular complexity index is 923. The van der Waals surface area contributed by atoms with E-state index in [4.69, 9.17) is 16.3 Å². The first kappa shape index (κ1) is 20.7. The third-order valence-electron chi connectivity index (χ3n) is 5.58. The summed E-state index contributed by atoms with van der Waals surface area (Å²) in [5, 5.41) is 3.10. The van der Waals surface area contributed by atoms with Crippen LogP contribution >= 0.6 is 11.6 Å². The van der Waals surface area contributed by atoms with Crippen molar-refractivity contribution >= 4 is 23.4 Å². The van der Waals surface area contributed by atoms with E-state index < -0.39 is 5.82 Å². The molecule has 1 heterocycles. The van der Waals surface area contributed by atoms with Crippen molar-refractivity contribution in [1.29, 1.82) is 0 Å². The van der Waals surface area contributed by atoms with E-state index in [-0.39, 0.29) is 16.8 Å². The maximum Gasteiger partial charge on any atom is 0.255 e. The van der Waals surface area contributed by atoms with Crippen molar-refractivity contribution in [3.05, 3.63) is 64.4 Å². The summed E-state index contributed by atoms with van der Waals surface area (Å²) in [6, 6.07) is 11.4. The summed E-state index contributed by atoms with van der Waals surface area (Å²) >= 11 is 6.02. The minimum Gasteiger partial charge on any atom is -0.493 e. The highest BCUT2D eigenvalue weighted by atomic mass is 35.5. The van der Waals surface area contributed by atoms with Crippen molar-refractivity contribution < 1.29 is 18.7 Å². The number of carbonyl (C=O) groups is 2. The number of ether oxygens (including phenoxy) is 1. The van der Waals surface area contributed by atoms with Crippen molar-refractivity contribution in [2.24, 2.45) is 5.92 Å². The second-order valence-electron chi connectivity index (χ2n) is 7.94. The van der Waals surface area contributed by atoms with Gasteiger partial charge in [-0.1, -0.05) is 11.6 Å². The van der Waals surface area contributed by atoms with Crippen LogP contribution in [0.5, 0.6) is 5.75 Å². The molecule has 0 radical (unpaired) electrons. The SMILES string of the molecule is O=C(NC1CC1)c1ccc(OCC2CCN(C(=O)c3ccc(F)cc3Cl)CC2)cc1. The van der Waals surface area contributed by atoms with Gasteiger partial charge in [-0.2, -0.15) is 0 Å². The van der Waals surface area contributed by atoms with Crippen LogP contribution in [0.1, 0.15) is 46.4 Å².